The van der Waals surface area contributed by atoms with Crippen LogP contribution in [0.25, 0.3) is 11.3 Å². The maximum atomic E-state index is 5.39. The Balaban J connectivity index is 1.85. The number of hydrogen-bond acceptors (Lipinski definition) is 6. The fourth-order valence-electron chi connectivity index (χ4n) is 2.46. The van der Waals surface area contributed by atoms with E-state index in [0.29, 0.717) is 6.01 Å². The van der Waals surface area contributed by atoms with Crippen LogP contribution in [0.4, 0.5) is 11.5 Å². The molecule has 3 rings (SSSR count). The molecule has 0 aliphatic carbocycles. The van der Waals surface area contributed by atoms with Crippen molar-refractivity contribution in [3.63, 3.8) is 0 Å². The van der Waals surface area contributed by atoms with Crippen LogP contribution in [-0.2, 0) is 4.74 Å². The smallest absolute Gasteiger partial charge is 0.318 e. The minimum Gasteiger partial charge on any atom is -0.467 e. The second-order valence-corrected chi connectivity index (χ2v) is 5.02. The lowest BCUT2D eigenvalue weighted by molar-refractivity contribution is 0.122. The van der Waals surface area contributed by atoms with Gasteiger partial charge in [-0.05, 0) is 12.1 Å². The van der Waals surface area contributed by atoms with Crippen molar-refractivity contribution >= 4 is 11.5 Å². The molecule has 6 heteroatoms. The first kappa shape index (κ1) is 14.6. The first-order chi connectivity index (χ1) is 10.8. The van der Waals surface area contributed by atoms with Crippen LogP contribution in [0.3, 0.4) is 0 Å². The summed E-state index contributed by atoms with van der Waals surface area (Å²) in [7, 11) is 3.40. The second-order valence-electron chi connectivity index (χ2n) is 5.02. The highest BCUT2D eigenvalue weighted by Gasteiger charge is 2.12. The Morgan fingerprint density at radius 2 is 1.86 bits per heavy atom. The zero-order valence-electron chi connectivity index (χ0n) is 12.9. The van der Waals surface area contributed by atoms with Crippen molar-refractivity contribution in [3.05, 3.63) is 30.3 Å². The van der Waals surface area contributed by atoms with Gasteiger partial charge in [0, 0.05) is 37.5 Å². The minimum atomic E-state index is 0.360. The molecular formula is C16H20N4O2. The lowest BCUT2D eigenvalue weighted by Crippen LogP contribution is -2.36. The molecule has 1 saturated heterocycles. The predicted molar refractivity (Wildman–Crippen MR) is 86.6 cm³/mol. The molecule has 0 saturated carbocycles. The number of aromatic nitrogens is 2. The summed E-state index contributed by atoms with van der Waals surface area (Å²) >= 11 is 0. The fraction of sp³-hybridized carbons (Fsp3) is 0.375. The van der Waals surface area contributed by atoms with Crippen LogP contribution >= 0.6 is 0 Å². The number of methoxy groups -OCH3 is 1. The topological polar surface area (TPSA) is 59.5 Å². The summed E-state index contributed by atoms with van der Waals surface area (Å²) in [5.74, 6) is 0.735. The summed E-state index contributed by atoms with van der Waals surface area (Å²) in [5.41, 5.74) is 3.08. The van der Waals surface area contributed by atoms with E-state index in [4.69, 9.17) is 9.47 Å². The first-order valence-corrected chi connectivity index (χ1v) is 7.34. The second kappa shape index (κ2) is 6.62. The van der Waals surface area contributed by atoms with Crippen molar-refractivity contribution in [1.29, 1.82) is 0 Å². The molecule has 2 aromatic rings. The van der Waals surface area contributed by atoms with Gasteiger partial charge in [0.25, 0.3) is 0 Å². The first-order valence-electron chi connectivity index (χ1n) is 7.34. The molecule has 1 aromatic heterocycles. The Kier molecular flexibility index (Phi) is 4.39. The molecule has 2 heterocycles. The van der Waals surface area contributed by atoms with Crippen molar-refractivity contribution in [3.8, 4) is 17.3 Å². The number of nitrogens with zero attached hydrogens (tertiary/aromatic N) is 3. The number of ether oxygens (including phenoxy) is 2. The van der Waals surface area contributed by atoms with Crippen molar-refractivity contribution in [2.45, 2.75) is 0 Å². The summed E-state index contributed by atoms with van der Waals surface area (Å²) in [5, 5.41) is 3.02. The highest BCUT2D eigenvalue weighted by molar-refractivity contribution is 5.66. The van der Waals surface area contributed by atoms with Crippen LogP contribution in [0.1, 0.15) is 0 Å². The largest absolute Gasteiger partial charge is 0.467 e. The Morgan fingerprint density at radius 1 is 1.14 bits per heavy atom. The van der Waals surface area contributed by atoms with E-state index in [9.17, 15) is 0 Å². The van der Waals surface area contributed by atoms with Crippen LogP contribution in [-0.4, -0.2) is 50.4 Å². The van der Waals surface area contributed by atoms with Gasteiger partial charge in [0.05, 0.1) is 26.0 Å². The molecule has 1 aliphatic rings. The number of anilines is 2. The zero-order chi connectivity index (χ0) is 15.4. The molecule has 0 bridgehead atoms. The number of nitrogens with one attached hydrogen (secondary N) is 1. The minimum absolute atomic E-state index is 0.360. The van der Waals surface area contributed by atoms with Gasteiger partial charge in [0.1, 0.15) is 5.82 Å². The van der Waals surface area contributed by atoms with E-state index in [0.717, 1.165) is 43.4 Å². The highest BCUT2D eigenvalue weighted by atomic mass is 16.5. The van der Waals surface area contributed by atoms with Gasteiger partial charge in [-0.3, -0.25) is 0 Å². The summed E-state index contributed by atoms with van der Waals surface area (Å²) in [6.45, 7) is 3.45. The van der Waals surface area contributed by atoms with E-state index in [-0.39, 0.29) is 0 Å². The van der Waals surface area contributed by atoms with Gasteiger partial charge < -0.3 is 19.7 Å². The van der Waals surface area contributed by atoms with Crippen molar-refractivity contribution in [2.24, 2.45) is 0 Å². The lowest BCUT2D eigenvalue weighted by atomic mass is 10.1. The van der Waals surface area contributed by atoms with E-state index in [2.05, 4.69) is 44.5 Å². The highest BCUT2D eigenvalue weighted by Crippen LogP contribution is 2.25. The van der Waals surface area contributed by atoms with E-state index in [1.165, 1.54) is 5.69 Å². The van der Waals surface area contributed by atoms with E-state index >= 15 is 0 Å². The van der Waals surface area contributed by atoms with Crippen molar-refractivity contribution < 1.29 is 9.47 Å². The molecule has 116 valence electrons. The van der Waals surface area contributed by atoms with Crippen LogP contribution < -0.4 is 15.0 Å². The average molecular weight is 300 g/mol. The van der Waals surface area contributed by atoms with Crippen molar-refractivity contribution in [2.75, 3.05) is 50.7 Å². The predicted octanol–water partition coefficient (Wildman–Crippen LogP) is 2.03. The Morgan fingerprint density at radius 3 is 2.50 bits per heavy atom. The lowest BCUT2D eigenvalue weighted by Gasteiger charge is -2.28. The molecule has 0 atom stereocenters. The Hall–Kier alpha value is -2.34. The third kappa shape index (κ3) is 3.12. The Labute approximate surface area is 130 Å². The summed E-state index contributed by atoms with van der Waals surface area (Å²) in [4.78, 5) is 11.0. The fourth-order valence-corrected chi connectivity index (χ4v) is 2.46. The van der Waals surface area contributed by atoms with Crippen LogP contribution in [0, 0.1) is 0 Å². The van der Waals surface area contributed by atoms with Crippen LogP contribution in [0.15, 0.2) is 30.3 Å². The number of benzene rings is 1. The summed E-state index contributed by atoms with van der Waals surface area (Å²) in [6, 6.07) is 10.7. The van der Waals surface area contributed by atoms with Gasteiger partial charge in [-0.15, -0.1) is 0 Å². The third-order valence-corrected chi connectivity index (χ3v) is 3.68. The molecule has 0 unspecified atom stereocenters. The monoisotopic (exact) mass is 300 g/mol. The molecule has 1 N–H and O–H groups in total. The summed E-state index contributed by atoms with van der Waals surface area (Å²) < 4.78 is 10.5. The summed E-state index contributed by atoms with van der Waals surface area (Å²) in [6.07, 6.45) is 0. The van der Waals surface area contributed by atoms with Gasteiger partial charge in [-0.1, -0.05) is 12.1 Å². The standard InChI is InChI=1S/C16H20N4O2/c1-17-15-11-14(18-16(19-15)21-2)12-3-5-13(6-4-12)20-7-9-22-10-8-20/h3-6,11H,7-10H2,1-2H3,(H,17,18,19). The zero-order valence-corrected chi connectivity index (χ0v) is 12.9. The molecule has 1 fully saturated rings. The molecule has 0 amide bonds. The molecule has 6 nitrogen and oxygen atoms in total. The maximum Gasteiger partial charge on any atom is 0.318 e. The average Bonchev–Trinajstić information content (AvgIpc) is 2.62. The maximum absolute atomic E-state index is 5.39. The van der Waals surface area contributed by atoms with Gasteiger partial charge in [-0.2, -0.15) is 9.97 Å². The number of morpholine rings is 1. The van der Waals surface area contributed by atoms with Gasteiger partial charge in [0.15, 0.2) is 0 Å². The molecule has 1 aromatic carbocycles. The van der Waals surface area contributed by atoms with E-state index in [1.54, 1.807) is 7.11 Å². The van der Waals surface area contributed by atoms with Gasteiger partial charge >= 0.3 is 6.01 Å². The quantitative estimate of drug-likeness (QED) is 0.932. The van der Waals surface area contributed by atoms with Gasteiger partial charge in [0.2, 0.25) is 0 Å². The molecular weight excluding hydrogens is 280 g/mol. The van der Waals surface area contributed by atoms with Crippen molar-refractivity contribution in [1.82, 2.24) is 9.97 Å². The van der Waals surface area contributed by atoms with Gasteiger partial charge in [-0.25, -0.2) is 0 Å². The van der Waals surface area contributed by atoms with Crippen LogP contribution in [0.5, 0.6) is 6.01 Å². The number of hydrogen-bond donors (Lipinski definition) is 1. The molecule has 0 radical (unpaired) electrons. The van der Waals surface area contributed by atoms with Crippen LogP contribution in [0.2, 0.25) is 0 Å². The number of rotatable bonds is 4. The van der Waals surface area contributed by atoms with E-state index in [1.807, 2.05) is 13.1 Å². The SMILES string of the molecule is CNc1cc(-c2ccc(N3CCOCC3)cc2)nc(OC)n1. The normalized spacial score (nSPS) is 14.7. The Bertz CT molecular complexity index is 602. The van der Waals surface area contributed by atoms with E-state index < -0.39 is 0 Å². The molecule has 1 aliphatic heterocycles. The molecule has 22 heavy (non-hydrogen) atoms. The third-order valence-electron chi connectivity index (χ3n) is 3.68. The molecule has 0 spiro atoms.